The molecule has 2 heteroatoms. The number of hydrogen-bond donors (Lipinski definition) is 0. The molecule has 2 rings (SSSR count). The summed E-state index contributed by atoms with van der Waals surface area (Å²) >= 11 is 4.06. The molecular formula is C36H60S2. The van der Waals surface area contributed by atoms with Gasteiger partial charge in [-0.15, -0.1) is 34.5 Å². The minimum atomic E-state index is 1.10. The highest BCUT2D eigenvalue weighted by molar-refractivity contribution is 7.27. The summed E-state index contributed by atoms with van der Waals surface area (Å²) in [7, 11) is 0. The van der Waals surface area contributed by atoms with E-state index in [2.05, 4.69) is 48.5 Å². The first-order valence-corrected chi connectivity index (χ1v) is 18.5. The Balaban J connectivity index is 1.51. The van der Waals surface area contributed by atoms with Gasteiger partial charge in [0.15, 0.2) is 0 Å². The first-order valence-electron chi connectivity index (χ1n) is 16.8. The van der Waals surface area contributed by atoms with E-state index >= 15 is 0 Å². The van der Waals surface area contributed by atoms with E-state index in [-0.39, 0.29) is 0 Å². The molecule has 0 aromatic carbocycles. The molecule has 0 unspecified atom stereocenters. The maximum Gasteiger partial charge on any atom is 0.0485 e. The molecule has 38 heavy (non-hydrogen) atoms. The molecular weight excluding hydrogens is 497 g/mol. The molecule has 0 aliphatic heterocycles. The second kappa shape index (κ2) is 24.1. The summed E-state index contributed by atoms with van der Waals surface area (Å²) in [6, 6.07) is 2.35. The van der Waals surface area contributed by atoms with Gasteiger partial charge in [0.2, 0.25) is 0 Å². The number of unbranched alkanes of at least 4 members (excludes halogenated alkanes) is 21. The first-order chi connectivity index (χ1) is 18.9. The summed E-state index contributed by atoms with van der Waals surface area (Å²) in [6.07, 6.45) is 35.6. The second-order valence-corrected chi connectivity index (χ2v) is 13.6. The molecule has 0 fully saturated rings. The second-order valence-electron chi connectivity index (χ2n) is 11.5. The van der Waals surface area contributed by atoms with E-state index < -0.39 is 0 Å². The smallest absolute Gasteiger partial charge is 0.0485 e. The molecule has 0 saturated heterocycles. The summed E-state index contributed by atoms with van der Waals surface area (Å²) < 4.78 is 3.14. The molecule has 0 N–H and O–H groups in total. The maximum absolute atomic E-state index is 3.44. The zero-order valence-corrected chi connectivity index (χ0v) is 27.0. The maximum atomic E-state index is 3.44. The summed E-state index contributed by atoms with van der Waals surface area (Å²) in [6.45, 7) is 4.59. The predicted octanol–water partition coefficient (Wildman–Crippen LogP) is 13.5. The number of hydrogen-bond acceptors (Lipinski definition) is 2. The van der Waals surface area contributed by atoms with Crippen molar-refractivity contribution in [1.82, 2.24) is 0 Å². The molecule has 0 bridgehead atoms. The van der Waals surface area contributed by atoms with E-state index in [1.807, 2.05) is 11.3 Å². The van der Waals surface area contributed by atoms with Crippen molar-refractivity contribution >= 4 is 32.1 Å². The first kappa shape index (κ1) is 33.4. The molecule has 0 spiro atoms. The van der Waals surface area contributed by atoms with Crippen LogP contribution >= 0.6 is 22.7 Å². The Labute approximate surface area is 245 Å². The van der Waals surface area contributed by atoms with Gasteiger partial charge in [0.25, 0.3) is 0 Å². The zero-order chi connectivity index (χ0) is 26.9. The summed E-state index contributed by atoms with van der Waals surface area (Å²) in [5.74, 6) is 6.86. The van der Waals surface area contributed by atoms with Gasteiger partial charge in [-0.25, -0.2) is 0 Å². The van der Waals surface area contributed by atoms with Gasteiger partial charge in [0, 0.05) is 27.1 Å². The molecule has 2 aromatic heterocycles. The molecule has 0 aliphatic rings. The van der Waals surface area contributed by atoms with Gasteiger partial charge in [-0.05, 0) is 55.5 Å². The Kier molecular flexibility index (Phi) is 21.2. The van der Waals surface area contributed by atoms with Gasteiger partial charge in [-0.2, -0.15) is 0 Å². The van der Waals surface area contributed by atoms with Crippen molar-refractivity contribution in [3.8, 4) is 11.8 Å². The SMILES string of the molecule is CCCCCCCCC#CCCCCCc1sc2ccsc2c1CCCCCCCCCCCCCCC. The fraction of sp³-hybridized carbons (Fsp3) is 0.778. The zero-order valence-electron chi connectivity index (χ0n) is 25.4. The van der Waals surface area contributed by atoms with Crippen LogP contribution < -0.4 is 0 Å². The lowest BCUT2D eigenvalue weighted by Crippen LogP contribution is -1.91. The summed E-state index contributed by atoms with van der Waals surface area (Å²) in [5, 5.41) is 2.29. The highest BCUT2D eigenvalue weighted by Gasteiger charge is 2.13. The van der Waals surface area contributed by atoms with Crippen molar-refractivity contribution in [1.29, 1.82) is 0 Å². The monoisotopic (exact) mass is 556 g/mol. The van der Waals surface area contributed by atoms with Crippen LogP contribution in [0.2, 0.25) is 0 Å². The Morgan fingerprint density at radius 3 is 1.53 bits per heavy atom. The normalized spacial score (nSPS) is 11.3. The van der Waals surface area contributed by atoms with Crippen LogP contribution in [-0.2, 0) is 12.8 Å². The average Bonchev–Trinajstić information content (AvgIpc) is 3.51. The number of fused-ring (bicyclic) bond motifs is 1. The Morgan fingerprint density at radius 1 is 0.526 bits per heavy atom. The van der Waals surface area contributed by atoms with Crippen LogP contribution in [0, 0.1) is 11.8 Å². The van der Waals surface area contributed by atoms with Crippen LogP contribution in [0.3, 0.4) is 0 Å². The number of rotatable bonds is 25. The lowest BCUT2D eigenvalue weighted by molar-refractivity contribution is 0.539. The molecule has 2 aromatic rings. The molecule has 0 amide bonds. The van der Waals surface area contributed by atoms with E-state index in [1.165, 1.54) is 159 Å². The largest absolute Gasteiger partial charge is 0.143 e. The Hall–Kier alpha value is -0.780. The third kappa shape index (κ3) is 15.7. The molecule has 0 radical (unpaired) electrons. The Morgan fingerprint density at radius 2 is 0.974 bits per heavy atom. The third-order valence-corrected chi connectivity index (χ3v) is 10.3. The lowest BCUT2D eigenvalue weighted by Gasteiger charge is -2.06. The molecule has 0 saturated carbocycles. The van der Waals surface area contributed by atoms with Crippen molar-refractivity contribution in [3.05, 3.63) is 21.9 Å². The molecule has 0 atom stereocenters. The molecule has 0 aliphatic carbocycles. The van der Waals surface area contributed by atoms with Gasteiger partial charge in [-0.3, -0.25) is 0 Å². The summed E-state index contributed by atoms with van der Waals surface area (Å²) in [5.41, 5.74) is 1.71. The predicted molar refractivity (Wildman–Crippen MR) is 177 cm³/mol. The van der Waals surface area contributed by atoms with Gasteiger partial charge >= 0.3 is 0 Å². The van der Waals surface area contributed by atoms with E-state index in [9.17, 15) is 0 Å². The van der Waals surface area contributed by atoms with Crippen molar-refractivity contribution in [3.63, 3.8) is 0 Å². The highest BCUT2D eigenvalue weighted by Crippen LogP contribution is 2.37. The standard InChI is InChI=1S/C36H60S2/c1-3-5-7-9-11-13-15-17-19-21-23-25-27-29-33-34(38-35-31-32-37-36(33)35)30-28-26-24-22-20-18-16-14-12-10-8-6-4-2/h31-32H,3-17,19,21-30H2,1-2H3. The average molecular weight is 557 g/mol. The Bertz CT molecular complexity index is 846. The van der Waals surface area contributed by atoms with Crippen molar-refractivity contribution in [2.75, 3.05) is 0 Å². The van der Waals surface area contributed by atoms with Crippen LogP contribution in [0.4, 0.5) is 0 Å². The highest BCUT2D eigenvalue weighted by atomic mass is 32.1. The third-order valence-electron chi connectivity index (χ3n) is 7.99. The minimum Gasteiger partial charge on any atom is -0.143 e. The lowest BCUT2D eigenvalue weighted by atomic mass is 10.0. The van der Waals surface area contributed by atoms with Crippen LogP contribution in [-0.4, -0.2) is 0 Å². The van der Waals surface area contributed by atoms with Gasteiger partial charge < -0.3 is 0 Å². The van der Waals surface area contributed by atoms with Gasteiger partial charge in [0.1, 0.15) is 0 Å². The number of aryl methyl sites for hydroxylation is 2. The number of thiophene rings is 2. The molecule has 0 nitrogen and oxygen atoms in total. The fourth-order valence-electron chi connectivity index (χ4n) is 5.54. The van der Waals surface area contributed by atoms with Gasteiger partial charge in [-0.1, -0.05) is 129 Å². The van der Waals surface area contributed by atoms with Crippen LogP contribution in [0.15, 0.2) is 11.4 Å². The topological polar surface area (TPSA) is 0 Å². The van der Waals surface area contributed by atoms with E-state index in [4.69, 9.17) is 0 Å². The van der Waals surface area contributed by atoms with Crippen molar-refractivity contribution in [2.24, 2.45) is 0 Å². The van der Waals surface area contributed by atoms with E-state index in [0.29, 0.717) is 0 Å². The van der Waals surface area contributed by atoms with E-state index in [0.717, 1.165) is 12.8 Å². The van der Waals surface area contributed by atoms with Crippen LogP contribution in [0.5, 0.6) is 0 Å². The summed E-state index contributed by atoms with van der Waals surface area (Å²) in [4.78, 5) is 1.69. The van der Waals surface area contributed by atoms with Gasteiger partial charge in [0.05, 0.1) is 0 Å². The van der Waals surface area contributed by atoms with Crippen molar-refractivity contribution < 1.29 is 0 Å². The minimum absolute atomic E-state index is 1.10. The molecule has 216 valence electrons. The van der Waals surface area contributed by atoms with E-state index in [1.54, 1.807) is 15.1 Å². The molecule has 2 heterocycles. The fourth-order valence-corrected chi connectivity index (χ4v) is 8.04. The van der Waals surface area contributed by atoms with Crippen LogP contribution in [0.25, 0.3) is 9.40 Å². The van der Waals surface area contributed by atoms with Crippen LogP contribution in [0.1, 0.15) is 178 Å². The quantitative estimate of drug-likeness (QED) is 0.0842. The van der Waals surface area contributed by atoms with Crippen molar-refractivity contribution in [2.45, 2.75) is 181 Å².